The molecule has 0 radical (unpaired) electrons. The first-order valence-corrected chi connectivity index (χ1v) is 3.84. The molecule has 0 saturated heterocycles. The molecule has 0 atom stereocenters. The van der Waals surface area contributed by atoms with Crippen LogP contribution in [0.2, 0.25) is 0 Å². The second kappa shape index (κ2) is 4.58. The lowest BCUT2D eigenvalue weighted by Gasteiger charge is -2.01. The van der Waals surface area contributed by atoms with Gasteiger partial charge in [-0.2, -0.15) is 0 Å². The Morgan fingerprint density at radius 2 is 2.29 bits per heavy atom. The summed E-state index contributed by atoms with van der Waals surface area (Å²) in [7, 11) is 0. The van der Waals surface area contributed by atoms with Gasteiger partial charge >= 0.3 is 5.97 Å². The van der Waals surface area contributed by atoms with E-state index in [0.29, 0.717) is 0 Å². The molecule has 1 rings (SSSR count). The fourth-order valence-corrected chi connectivity index (χ4v) is 0.894. The zero-order chi connectivity index (χ0) is 10.6. The van der Waals surface area contributed by atoms with Gasteiger partial charge in [-0.1, -0.05) is 0 Å². The quantitative estimate of drug-likeness (QED) is 0.730. The van der Waals surface area contributed by atoms with Gasteiger partial charge in [0.15, 0.2) is 5.82 Å². The van der Waals surface area contributed by atoms with Crippen molar-refractivity contribution in [2.45, 2.75) is 25.8 Å². The van der Waals surface area contributed by atoms with E-state index in [4.69, 9.17) is 5.11 Å². The highest BCUT2D eigenvalue weighted by Gasteiger charge is 2.12. The molecule has 8 heteroatoms. The minimum Gasteiger partial charge on any atom is -0.481 e. The van der Waals surface area contributed by atoms with Crippen molar-refractivity contribution in [3.63, 3.8) is 0 Å². The summed E-state index contributed by atoms with van der Waals surface area (Å²) >= 11 is 0. The summed E-state index contributed by atoms with van der Waals surface area (Å²) in [6.07, 6.45) is -2.68. The normalized spacial score (nSPS) is 10.8. The molecule has 0 aliphatic rings. The smallest absolute Gasteiger partial charge is 0.303 e. The van der Waals surface area contributed by atoms with Crippen LogP contribution in [0.25, 0.3) is 0 Å². The lowest BCUT2D eigenvalue weighted by atomic mass is 10.3. The molecule has 1 N–H and O–H groups in total. The highest BCUT2D eigenvalue weighted by Crippen LogP contribution is 2.02. The SMILES string of the molecule is O=C(O)CCc1nnnn1CC(F)F. The molecule has 1 aromatic heterocycles. The molecule has 14 heavy (non-hydrogen) atoms. The minimum atomic E-state index is -2.55. The van der Waals surface area contributed by atoms with Crippen molar-refractivity contribution < 1.29 is 18.7 Å². The summed E-state index contributed by atoms with van der Waals surface area (Å²) in [5.41, 5.74) is 0. The predicted octanol–water partition coefficient (Wildman–Crippen LogP) is -0.0446. The van der Waals surface area contributed by atoms with Crippen LogP contribution in [0.1, 0.15) is 12.2 Å². The number of carbonyl (C=O) groups is 1. The van der Waals surface area contributed by atoms with Gasteiger partial charge in [-0.15, -0.1) is 5.10 Å². The van der Waals surface area contributed by atoms with Gasteiger partial charge in [0.05, 0.1) is 6.42 Å². The molecular weight excluding hydrogens is 198 g/mol. The zero-order valence-corrected chi connectivity index (χ0v) is 7.10. The highest BCUT2D eigenvalue weighted by atomic mass is 19.3. The summed E-state index contributed by atoms with van der Waals surface area (Å²) in [6.45, 7) is -0.609. The Morgan fingerprint density at radius 1 is 1.57 bits per heavy atom. The molecule has 0 amide bonds. The van der Waals surface area contributed by atoms with Crippen LogP contribution in [-0.2, 0) is 17.8 Å². The van der Waals surface area contributed by atoms with Crippen LogP contribution in [0.15, 0.2) is 0 Å². The molecule has 0 unspecified atom stereocenters. The molecule has 0 spiro atoms. The monoisotopic (exact) mass is 206 g/mol. The Labute approximate surface area is 77.5 Å². The molecule has 0 bridgehead atoms. The van der Waals surface area contributed by atoms with Crippen LogP contribution in [0.3, 0.4) is 0 Å². The number of hydrogen-bond acceptors (Lipinski definition) is 4. The lowest BCUT2D eigenvalue weighted by molar-refractivity contribution is -0.137. The number of carboxylic acid groups (broad SMARTS) is 1. The van der Waals surface area contributed by atoms with Gasteiger partial charge in [-0.3, -0.25) is 4.79 Å². The summed E-state index contributed by atoms with van der Waals surface area (Å²) in [5.74, 6) is -0.857. The van der Waals surface area contributed by atoms with E-state index in [0.717, 1.165) is 4.68 Å². The molecule has 0 saturated carbocycles. The molecule has 1 aromatic rings. The molecule has 6 nitrogen and oxygen atoms in total. The van der Waals surface area contributed by atoms with Crippen LogP contribution >= 0.6 is 0 Å². The second-order valence-electron chi connectivity index (χ2n) is 2.56. The minimum absolute atomic E-state index is 0.0506. The Hall–Kier alpha value is -1.60. The number of carboxylic acids is 1. The third kappa shape index (κ3) is 3.04. The third-order valence-corrected chi connectivity index (χ3v) is 1.48. The average molecular weight is 206 g/mol. The van der Waals surface area contributed by atoms with E-state index in [9.17, 15) is 13.6 Å². The van der Waals surface area contributed by atoms with Crippen LogP contribution in [0.5, 0.6) is 0 Å². The Kier molecular flexibility index (Phi) is 3.43. The molecule has 78 valence electrons. The first-order chi connectivity index (χ1) is 6.59. The van der Waals surface area contributed by atoms with E-state index in [1.165, 1.54) is 0 Å². The summed E-state index contributed by atoms with van der Waals surface area (Å²) < 4.78 is 24.8. The molecule has 0 fully saturated rings. The van der Waals surface area contributed by atoms with Gasteiger partial charge in [0, 0.05) is 6.42 Å². The second-order valence-corrected chi connectivity index (χ2v) is 2.56. The Bertz CT molecular complexity index is 315. The molecule has 0 aromatic carbocycles. The molecule has 0 aliphatic heterocycles. The highest BCUT2D eigenvalue weighted by molar-refractivity contribution is 5.66. The summed E-state index contributed by atoms with van der Waals surface area (Å²) in [5, 5.41) is 18.3. The van der Waals surface area contributed by atoms with E-state index >= 15 is 0 Å². The number of aryl methyl sites for hydroxylation is 1. The number of nitrogens with zero attached hydrogens (tertiary/aromatic N) is 4. The van der Waals surface area contributed by atoms with Gasteiger partial charge in [0.1, 0.15) is 6.54 Å². The van der Waals surface area contributed by atoms with Gasteiger partial charge in [0.2, 0.25) is 0 Å². The van der Waals surface area contributed by atoms with Crippen LogP contribution < -0.4 is 0 Å². The number of aromatic nitrogens is 4. The van der Waals surface area contributed by atoms with E-state index in [-0.39, 0.29) is 18.7 Å². The summed E-state index contributed by atoms with van der Waals surface area (Å²) in [4.78, 5) is 10.2. The number of rotatable bonds is 5. The number of tetrazole rings is 1. The topological polar surface area (TPSA) is 80.9 Å². The first-order valence-electron chi connectivity index (χ1n) is 3.84. The van der Waals surface area contributed by atoms with Gasteiger partial charge in [-0.05, 0) is 10.4 Å². The van der Waals surface area contributed by atoms with Gasteiger partial charge in [-0.25, -0.2) is 13.5 Å². The maximum atomic E-state index is 11.9. The maximum Gasteiger partial charge on any atom is 0.303 e. The van der Waals surface area contributed by atoms with Crippen LogP contribution in [0.4, 0.5) is 8.78 Å². The maximum absolute atomic E-state index is 11.9. The van der Waals surface area contributed by atoms with E-state index in [2.05, 4.69) is 15.5 Å². The van der Waals surface area contributed by atoms with Crippen molar-refractivity contribution in [3.05, 3.63) is 5.82 Å². The third-order valence-electron chi connectivity index (χ3n) is 1.48. The van der Waals surface area contributed by atoms with Crippen LogP contribution in [0, 0.1) is 0 Å². The number of aliphatic carboxylic acids is 1. The number of hydrogen-bond donors (Lipinski definition) is 1. The van der Waals surface area contributed by atoms with Crippen molar-refractivity contribution >= 4 is 5.97 Å². The molecule has 0 aliphatic carbocycles. The van der Waals surface area contributed by atoms with Gasteiger partial charge < -0.3 is 5.11 Å². The van der Waals surface area contributed by atoms with Crippen molar-refractivity contribution in [2.24, 2.45) is 0 Å². The van der Waals surface area contributed by atoms with E-state index < -0.39 is 18.9 Å². The molecule has 1 heterocycles. The lowest BCUT2D eigenvalue weighted by Crippen LogP contribution is -2.13. The standard InChI is InChI=1S/C6H8F2N4O2/c7-4(8)3-12-5(9-10-11-12)1-2-6(13)14/h4H,1-3H2,(H,13,14). The largest absolute Gasteiger partial charge is 0.481 e. The van der Waals surface area contributed by atoms with Crippen molar-refractivity contribution in [2.75, 3.05) is 0 Å². The predicted molar refractivity (Wildman–Crippen MR) is 39.8 cm³/mol. The van der Waals surface area contributed by atoms with Crippen molar-refractivity contribution in [1.29, 1.82) is 0 Å². The fraction of sp³-hybridized carbons (Fsp3) is 0.667. The van der Waals surface area contributed by atoms with Crippen LogP contribution in [-0.4, -0.2) is 37.7 Å². The number of alkyl halides is 2. The van der Waals surface area contributed by atoms with Gasteiger partial charge in [0.25, 0.3) is 6.43 Å². The van der Waals surface area contributed by atoms with E-state index in [1.807, 2.05) is 0 Å². The van der Waals surface area contributed by atoms with Crippen molar-refractivity contribution in [1.82, 2.24) is 20.2 Å². The first kappa shape index (κ1) is 10.5. The zero-order valence-electron chi connectivity index (χ0n) is 7.10. The number of halogens is 2. The molecular formula is C6H8F2N4O2. The van der Waals surface area contributed by atoms with E-state index in [1.54, 1.807) is 0 Å². The van der Waals surface area contributed by atoms with Crippen molar-refractivity contribution in [3.8, 4) is 0 Å². The Morgan fingerprint density at radius 3 is 2.86 bits per heavy atom. The average Bonchev–Trinajstić information content (AvgIpc) is 2.47. The fourth-order valence-electron chi connectivity index (χ4n) is 0.894. The Balaban J connectivity index is 2.58. The summed E-state index contributed by atoms with van der Waals surface area (Å²) in [6, 6.07) is 0.